The van der Waals surface area contributed by atoms with E-state index in [2.05, 4.69) is 5.32 Å². The Kier molecular flexibility index (Phi) is 8.28. The van der Waals surface area contributed by atoms with Crippen LogP contribution in [0, 0.1) is 0 Å². The van der Waals surface area contributed by atoms with Gasteiger partial charge in [-0.15, -0.1) is 0 Å². The number of nitrogens with zero attached hydrogens (tertiary/aromatic N) is 3. The number of nitrogens with one attached hydrogen (secondary N) is 1. The first kappa shape index (κ1) is 28.5. The summed E-state index contributed by atoms with van der Waals surface area (Å²) in [6.07, 6.45) is -0.575. The summed E-state index contributed by atoms with van der Waals surface area (Å²) in [6, 6.07) is 27.2. The number of hydrogen-bond donors (Lipinski definition) is 1. The van der Waals surface area contributed by atoms with E-state index in [-0.39, 0.29) is 0 Å². The second-order valence-corrected chi connectivity index (χ2v) is 10.7. The molecule has 0 radical (unpaired) electrons. The number of aryl methyl sites for hydroxylation is 1. The number of methoxy groups -OCH3 is 1. The Labute approximate surface area is 245 Å². The van der Waals surface area contributed by atoms with Crippen LogP contribution in [-0.2, 0) is 25.0 Å². The summed E-state index contributed by atoms with van der Waals surface area (Å²) in [4.78, 5) is 17.2. The van der Waals surface area contributed by atoms with Crippen molar-refractivity contribution < 1.29 is 23.7 Å². The minimum Gasteiger partial charge on any atom is -0.492 e. The maximum absolute atomic E-state index is 12.5. The molecule has 5 aromatic rings. The molecule has 42 heavy (non-hydrogen) atoms. The summed E-state index contributed by atoms with van der Waals surface area (Å²) in [5, 5.41) is 8.41. The molecule has 0 saturated carbocycles. The van der Waals surface area contributed by atoms with Crippen molar-refractivity contribution in [3.8, 4) is 28.8 Å². The summed E-state index contributed by atoms with van der Waals surface area (Å²) in [5.41, 5.74) is 3.91. The van der Waals surface area contributed by atoms with Crippen LogP contribution in [0.5, 0.6) is 17.5 Å². The molecule has 1 N–H and O–H groups in total. The maximum atomic E-state index is 12.5. The van der Waals surface area contributed by atoms with Crippen molar-refractivity contribution in [1.29, 1.82) is 0 Å². The lowest BCUT2D eigenvalue weighted by Crippen LogP contribution is -2.27. The molecule has 3 aromatic carbocycles. The molecule has 0 atom stereocenters. The number of rotatable bonds is 9. The monoisotopic (exact) mass is 566 g/mol. The van der Waals surface area contributed by atoms with E-state index in [0.29, 0.717) is 53.2 Å². The number of aromatic nitrogens is 3. The second kappa shape index (κ2) is 12.2. The molecule has 0 bridgehead atoms. The number of hydrogen-bond acceptors (Lipinski definition) is 7. The predicted octanol–water partition coefficient (Wildman–Crippen LogP) is 7.15. The third-order valence-electron chi connectivity index (χ3n) is 6.34. The van der Waals surface area contributed by atoms with Gasteiger partial charge >= 0.3 is 6.09 Å². The fourth-order valence-electron chi connectivity index (χ4n) is 4.51. The second-order valence-electron chi connectivity index (χ2n) is 10.7. The van der Waals surface area contributed by atoms with E-state index in [1.165, 1.54) is 0 Å². The van der Waals surface area contributed by atoms with E-state index >= 15 is 0 Å². The van der Waals surface area contributed by atoms with Gasteiger partial charge in [0, 0.05) is 18.5 Å². The highest BCUT2D eigenvalue weighted by Gasteiger charge is 2.23. The van der Waals surface area contributed by atoms with Gasteiger partial charge in [-0.1, -0.05) is 60.7 Å². The van der Waals surface area contributed by atoms with E-state index in [0.717, 1.165) is 16.5 Å². The first-order valence-electron chi connectivity index (χ1n) is 13.6. The van der Waals surface area contributed by atoms with Gasteiger partial charge in [0.2, 0.25) is 11.8 Å². The fourth-order valence-corrected chi connectivity index (χ4v) is 4.51. The molecule has 2 aromatic heterocycles. The van der Waals surface area contributed by atoms with Crippen molar-refractivity contribution in [1.82, 2.24) is 14.8 Å². The minimum absolute atomic E-state index is 0.320. The third-order valence-corrected chi connectivity index (χ3v) is 6.34. The quantitative estimate of drug-likeness (QED) is 0.202. The van der Waals surface area contributed by atoms with E-state index in [9.17, 15) is 4.79 Å². The van der Waals surface area contributed by atoms with E-state index in [4.69, 9.17) is 29.0 Å². The number of pyridine rings is 1. The average Bonchev–Trinajstić information content (AvgIpc) is 3.31. The van der Waals surface area contributed by atoms with Gasteiger partial charge in [0.1, 0.15) is 30.0 Å². The summed E-state index contributed by atoms with van der Waals surface area (Å²) in [7, 11) is 3.37. The van der Waals surface area contributed by atoms with Crippen molar-refractivity contribution in [3.05, 3.63) is 96.1 Å². The fraction of sp³-hybridized carbons (Fsp3) is 0.242. The zero-order valence-electron chi connectivity index (χ0n) is 24.4. The zero-order valence-corrected chi connectivity index (χ0v) is 24.4. The lowest BCUT2D eigenvalue weighted by atomic mass is 10.1. The predicted molar refractivity (Wildman–Crippen MR) is 162 cm³/mol. The molecule has 9 heteroatoms. The normalized spacial score (nSPS) is 11.3. The molecule has 9 nitrogen and oxygen atoms in total. The van der Waals surface area contributed by atoms with Crippen molar-refractivity contribution in [2.45, 2.75) is 39.6 Å². The largest absolute Gasteiger partial charge is 0.492 e. The molecular formula is C33H34N4O5. The van der Waals surface area contributed by atoms with Gasteiger partial charge in [0.25, 0.3) is 0 Å². The average molecular weight is 567 g/mol. The molecule has 0 aliphatic heterocycles. The topological polar surface area (TPSA) is 96.7 Å². The molecule has 0 aliphatic rings. The van der Waals surface area contributed by atoms with Crippen molar-refractivity contribution >= 4 is 22.7 Å². The molecule has 1 amide bonds. The smallest absolute Gasteiger partial charge is 0.412 e. The molecular weight excluding hydrogens is 532 g/mol. The number of anilines is 1. The number of carbonyl (C=O) groups excluding carboxylic acids is 1. The van der Waals surface area contributed by atoms with Crippen molar-refractivity contribution in [2.75, 3.05) is 12.4 Å². The Morgan fingerprint density at radius 1 is 0.857 bits per heavy atom. The number of benzene rings is 3. The van der Waals surface area contributed by atoms with E-state index in [1.807, 2.05) is 107 Å². The van der Waals surface area contributed by atoms with Crippen LogP contribution >= 0.6 is 0 Å². The Bertz CT molecular complexity index is 1680. The van der Waals surface area contributed by atoms with Crippen LogP contribution in [-0.4, -0.2) is 33.6 Å². The van der Waals surface area contributed by atoms with Crippen molar-refractivity contribution in [2.24, 2.45) is 7.05 Å². The number of amides is 1. The summed E-state index contributed by atoms with van der Waals surface area (Å²) >= 11 is 0. The van der Waals surface area contributed by atoms with Crippen LogP contribution in [0.1, 0.15) is 31.9 Å². The lowest BCUT2D eigenvalue weighted by molar-refractivity contribution is 0.0635. The highest BCUT2D eigenvalue weighted by Crippen LogP contribution is 2.41. The molecule has 2 heterocycles. The molecule has 0 unspecified atom stereocenters. The molecule has 0 spiro atoms. The molecule has 0 fully saturated rings. The number of ether oxygens (including phenoxy) is 4. The minimum atomic E-state index is -0.638. The Morgan fingerprint density at radius 3 is 2.12 bits per heavy atom. The molecule has 0 saturated heterocycles. The SMILES string of the molecule is COc1c(NC(=O)OC(C)(C)C)ccc2c(-c3ccc(OCc4ccccc4)nc3OCc3ccccc3)nn(C)c12. The molecule has 216 valence electrons. The first-order valence-corrected chi connectivity index (χ1v) is 13.6. The Balaban J connectivity index is 1.51. The van der Waals surface area contributed by atoms with Gasteiger partial charge in [-0.05, 0) is 50.1 Å². The van der Waals surface area contributed by atoms with Crippen LogP contribution in [0.2, 0.25) is 0 Å². The molecule has 5 rings (SSSR count). The highest BCUT2D eigenvalue weighted by atomic mass is 16.6. The van der Waals surface area contributed by atoms with Crippen LogP contribution in [0.3, 0.4) is 0 Å². The van der Waals surface area contributed by atoms with Gasteiger partial charge in [-0.2, -0.15) is 10.1 Å². The van der Waals surface area contributed by atoms with Crippen LogP contribution in [0.15, 0.2) is 84.9 Å². The van der Waals surface area contributed by atoms with Gasteiger partial charge in [-0.25, -0.2) is 4.79 Å². The molecule has 0 aliphatic carbocycles. The van der Waals surface area contributed by atoms with Crippen LogP contribution in [0.4, 0.5) is 10.5 Å². The maximum Gasteiger partial charge on any atom is 0.412 e. The highest BCUT2D eigenvalue weighted by molar-refractivity contribution is 6.02. The van der Waals surface area contributed by atoms with Gasteiger partial charge in [0.15, 0.2) is 5.75 Å². The summed E-state index contributed by atoms with van der Waals surface area (Å²) < 4.78 is 25.2. The lowest BCUT2D eigenvalue weighted by Gasteiger charge is -2.20. The van der Waals surface area contributed by atoms with Crippen molar-refractivity contribution in [3.63, 3.8) is 0 Å². The van der Waals surface area contributed by atoms with Gasteiger partial charge in [-0.3, -0.25) is 10.00 Å². The Morgan fingerprint density at radius 2 is 1.50 bits per heavy atom. The van der Waals surface area contributed by atoms with Gasteiger partial charge in [0.05, 0.1) is 18.4 Å². The Hall–Kier alpha value is -5.05. The van der Waals surface area contributed by atoms with E-state index < -0.39 is 11.7 Å². The number of fused-ring (bicyclic) bond motifs is 1. The van der Waals surface area contributed by atoms with E-state index in [1.54, 1.807) is 17.9 Å². The standard InChI is InChI=1S/C33H34N4O5/c1-33(2,3)42-32(38)34-26-18-16-24-28(36-37(4)29(24)30(26)39-5)25-17-19-27(40-20-22-12-8-6-9-13-22)35-31(25)41-21-23-14-10-7-11-15-23/h6-19H,20-21H2,1-5H3,(H,34,38). The zero-order chi connectivity index (χ0) is 29.7. The van der Waals surface area contributed by atoms with Gasteiger partial charge < -0.3 is 18.9 Å². The first-order chi connectivity index (χ1) is 20.2. The summed E-state index contributed by atoms with van der Waals surface area (Å²) in [6.45, 7) is 6.13. The number of carbonyl (C=O) groups is 1. The summed E-state index contributed by atoms with van der Waals surface area (Å²) in [5.74, 6) is 1.29. The van der Waals surface area contributed by atoms with Crippen LogP contribution < -0.4 is 19.5 Å². The third kappa shape index (κ3) is 6.63. The van der Waals surface area contributed by atoms with Crippen LogP contribution in [0.25, 0.3) is 22.2 Å².